The van der Waals surface area contributed by atoms with Crippen molar-refractivity contribution in [3.05, 3.63) is 0 Å². The molecule has 0 spiro atoms. The molecule has 6 nitrogen and oxygen atoms in total. The van der Waals surface area contributed by atoms with Crippen LogP contribution in [0.3, 0.4) is 0 Å². The van der Waals surface area contributed by atoms with Gasteiger partial charge in [-0.1, -0.05) is 6.92 Å². The normalized spacial score (nSPS) is 26.1. The largest absolute Gasteiger partial charge is 0.480 e. The van der Waals surface area contributed by atoms with Crippen LogP contribution in [0.25, 0.3) is 0 Å². The first-order chi connectivity index (χ1) is 8.79. The average molecular weight is 271 g/mol. The van der Waals surface area contributed by atoms with Crippen LogP contribution in [0.4, 0.5) is 4.79 Å². The zero-order valence-electron chi connectivity index (χ0n) is 12.5. The molecule has 1 heterocycles. The third kappa shape index (κ3) is 3.37. The van der Waals surface area contributed by atoms with E-state index in [1.807, 2.05) is 7.05 Å². The molecule has 0 aromatic rings. The van der Waals surface area contributed by atoms with Crippen LogP contribution >= 0.6 is 0 Å². The standard InChI is InChI=1S/C13H25N3O3/c1-6-11(12(17)18)15(5)13(19)16-7-9(2)14(4)10(3)8-16/h9-11H,6-8H2,1-5H3,(H,17,18). The summed E-state index contributed by atoms with van der Waals surface area (Å²) in [6, 6.07) is -0.379. The molecule has 0 radical (unpaired) electrons. The molecule has 1 rings (SSSR count). The number of carbonyl (C=O) groups excluding carboxylic acids is 1. The molecule has 1 fully saturated rings. The molecule has 1 aliphatic heterocycles. The summed E-state index contributed by atoms with van der Waals surface area (Å²) >= 11 is 0. The number of hydrogen-bond acceptors (Lipinski definition) is 3. The lowest BCUT2D eigenvalue weighted by Crippen LogP contribution is -2.59. The summed E-state index contributed by atoms with van der Waals surface area (Å²) < 4.78 is 0. The molecule has 6 heteroatoms. The Kier molecular flexibility index (Phi) is 5.17. The van der Waals surface area contributed by atoms with Gasteiger partial charge in [-0.25, -0.2) is 9.59 Å². The molecule has 1 aliphatic rings. The van der Waals surface area contributed by atoms with Crippen molar-refractivity contribution in [2.24, 2.45) is 0 Å². The molecule has 110 valence electrons. The smallest absolute Gasteiger partial charge is 0.326 e. The molecule has 0 aromatic carbocycles. The quantitative estimate of drug-likeness (QED) is 0.829. The van der Waals surface area contributed by atoms with Gasteiger partial charge in [-0.3, -0.25) is 4.90 Å². The predicted octanol–water partition coefficient (Wildman–Crippen LogP) is 0.926. The fourth-order valence-electron chi connectivity index (χ4n) is 2.53. The summed E-state index contributed by atoms with van der Waals surface area (Å²) in [5.41, 5.74) is 0. The Hall–Kier alpha value is -1.30. The van der Waals surface area contributed by atoms with E-state index in [1.54, 1.807) is 18.9 Å². The SMILES string of the molecule is CCC(C(=O)O)N(C)C(=O)N1CC(C)N(C)C(C)C1. The van der Waals surface area contributed by atoms with Crippen LogP contribution in [0, 0.1) is 0 Å². The van der Waals surface area contributed by atoms with Crippen LogP contribution in [-0.4, -0.2) is 77.1 Å². The zero-order valence-corrected chi connectivity index (χ0v) is 12.5. The maximum absolute atomic E-state index is 12.4. The lowest BCUT2D eigenvalue weighted by molar-refractivity contribution is -0.142. The van der Waals surface area contributed by atoms with Crippen LogP contribution in [0.5, 0.6) is 0 Å². The molecular weight excluding hydrogens is 246 g/mol. The number of rotatable bonds is 3. The van der Waals surface area contributed by atoms with Gasteiger partial charge < -0.3 is 14.9 Å². The molecule has 3 unspecified atom stereocenters. The second kappa shape index (κ2) is 6.23. The van der Waals surface area contributed by atoms with Crippen molar-refractivity contribution >= 4 is 12.0 Å². The van der Waals surface area contributed by atoms with Gasteiger partial charge in [0.15, 0.2) is 0 Å². The van der Waals surface area contributed by atoms with Gasteiger partial charge in [-0.15, -0.1) is 0 Å². The van der Waals surface area contributed by atoms with Gasteiger partial charge in [0.1, 0.15) is 6.04 Å². The molecule has 3 atom stereocenters. The third-order valence-electron chi connectivity index (χ3n) is 4.07. The predicted molar refractivity (Wildman–Crippen MR) is 73.1 cm³/mol. The zero-order chi connectivity index (χ0) is 14.7. The molecule has 0 aromatic heterocycles. The van der Waals surface area contributed by atoms with Crippen LogP contribution in [0.1, 0.15) is 27.2 Å². The number of amides is 2. The molecule has 19 heavy (non-hydrogen) atoms. The number of piperazine rings is 1. The van der Waals surface area contributed by atoms with Crippen LogP contribution in [0.15, 0.2) is 0 Å². The summed E-state index contributed by atoms with van der Waals surface area (Å²) in [4.78, 5) is 28.8. The van der Waals surface area contributed by atoms with Gasteiger partial charge in [0.25, 0.3) is 0 Å². The molecule has 0 saturated carbocycles. The number of nitrogens with zero attached hydrogens (tertiary/aromatic N) is 3. The van der Waals surface area contributed by atoms with Gasteiger partial charge in [-0.05, 0) is 27.3 Å². The highest BCUT2D eigenvalue weighted by Crippen LogP contribution is 2.16. The van der Waals surface area contributed by atoms with Gasteiger partial charge in [-0.2, -0.15) is 0 Å². The van der Waals surface area contributed by atoms with Gasteiger partial charge in [0.2, 0.25) is 0 Å². The van der Waals surface area contributed by atoms with Crippen molar-refractivity contribution in [1.82, 2.24) is 14.7 Å². The van der Waals surface area contributed by atoms with Crippen molar-refractivity contribution in [3.8, 4) is 0 Å². The van der Waals surface area contributed by atoms with Gasteiger partial charge in [0, 0.05) is 32.2 Å². The molecular formula is C13H25N3O3. The summed E-state index contributed by atoms with van der Waals surface area (Å²) in [7, 11) is 3.62. The highest BCUT2D eigenvalue weighted by Gasteiger charge is 2.33. The Morgan fingerprint density at radius 2 is 1.79 bits per heavy atom. The summed E-state index contributed by atoms with van der Waals surface area (Å²) in [5.74, 6) is -0.950. The Balaban J connectivity index is 2.74. The van der Waals surface area contributed by atoms with Crippen molar-refractivity contribution < 1.29 is 14.7 Å². The number of aliphatic carboxylic acids is 1. The third-order valence-corrected chi connectivity index (χ3v) is 4.07. The topological polar surface area (TPSA) is 64.1 Å². The maximum atomic E-state index is 12.4. The van der Waals surface area contributed by atoms with Gasteiger partial charge >= 0.3 is 12.0 Å². The highest BCUT2D eigenvalue weighted by molar-refractivity contribution is 5.82. The van der Waals surface area contributed by atoms with Crippen LogP contribution in [-0.2, 0) is 4.79 Å². The second-order valence-corrected chi connectivity index (χ2v) is 5.42. The number of carbonyl (C=O) groups is 2. The molecule has 0 bridgehead atoms. The van der Waals surface area contributed by atoms with Gasteiger partial charge in [0.05, 0.1) is 0 Å². The number of carboxylic acids is 1. The van der Waals surface area contributed by atoms with E-state index in [-0.39, 0.29) is 18.1 Å². The second-order valence-electron chi connectivity index (χ2n) is 5.42. The van der Waals surface area contributed by atoms with Crippen molar-refractivity contribution in [2.75, 3.05) is 27.2 Å². The Labute approximate surface area is 115 Å². The van der Waals surface area contributed by atoms with Crippen LogP contribution in [0.2, 0.25) is 0 Å². The van der Waals surface area contributed by atoms with Crippen molar-refractivity contribution in [2.45, 2.75) is 45.3 Å². The summed E-state index contributed by atoms with van der Waals surface area (Å²) in [6.45, 7) is 7.20. The first-order valence-electron chi connectivity index (χ1n) is 6.76. The van der Waals surface area contributed by atoms with Crippen molar-refractivity contribution in [1.29, 1.82) is 0 Å². The monoisotopic (exact) mass is 271 g/mol. The van der Waals surface area contributed by atoms with E-state index in [9.17, 15) is 9.59 Å². The molecule has 1 N–H and O–H groups in total. The maximum Gasteiger partial charge on any atom is 0.326 e. The van der Waals surface area contributed by atoms with E-state index in [2.05, 4.69) is 18.7 Å². The van der Waals surface area contributed by atoms with Crippen molar-refractivity contribution in [3.63, 3.8) is 0 Å². The van der Waals surface area contributed by atoms with E-state index in [0.717, 1.165) is 0 Å². The Morgan fingerprint density at radius 1 is 1.32 bits per heavy atom. The fraction of sp³-hybridized carbons (Fsp3) is 0.846. The van der Waals surface area contributed by atoms with E-state index in [0.29, 0.717) is 19.5 Å². The summed E-state index contributed by atoms with van der Waals surface area (Å²) in [5, 5.41) is 9.12. The molecule has 2 amide bonds. The minimum Gasteiger partial charge on any atom is -0.480 e. The van der Waals surface area contributed by atoms with E-state index in [1.165, 1.54) is 4.90 Å². The molecule has 1 saturated heterocycles. The lowest BCUT2D eigenvalue weighted by atomic mass is 10.1. The number of hydrogen-bond donors (Lipinski definition) is 1. The first-order valence-corrected chi connectivity index (χ1v) is 6.76. The Morgan fingerprint density at radius 3 is 2.16 bits per heavy atom. The number of likely N-dealkylation sites (N-methyl/N-ethyl adjacent to an activating group) is 2. The van der Waals surface area contributed by atoms with Crippen LogP contribution < -0.4 is 0 Å². The van der Waals surface area contributed by atoms with E-state index >= 15 is 0 Å². The minimum atomic E-state index is -0.950. The highest BCUT2D eigenvalue weighted by atomic mass is 16.4. The first kappa shape index (κ1) is 15.8. The Bertz CT molecular complexity index is 336. The van der Waals surface area contributed by atoms with E-state index < -0.39 is 12.0 Å². The van der Waals surface area contributed by atoms with E-state index in [4.69, 9.17) is 5.11 Å². The fourth-order valence-corrected chi connectivity index (χ4v) is 2.53. The molecule has 0 aliphatic carbocycles. The summed E-state index contributed by atoms with van der Waals surface area (Å²) in [6.07, 6.45) is 0.413. The number of urea groups is 1. The average Bonchev–Trinajstić information content (AvgIpc) is 2.34. The number of carboxylic acid groups (broad SMARTS) is 1. The minimum absolute atomic E-state index is 0.193. The lowest BCUT2D eigenvalue weighted by Gasteiger charge is -2.44.